The van der Waals surface area contributed by atoms with Gasteiger partial charge >= 0.3 is 5.97 Å². The molecule has 0 unspecified atom stereocenters. The number of nitrogens with one attached hydrogen (secondary N) is 1. The summed E-state index contributed by atoms with van der Waals surface area (Å²) in [5, 5.41) is 12.2. The molecule has 0 spiro atoms. The van der Waals surface area contributed by atoms with Crippen molar-refractivity contribution in [3.8, 4) is 0 Å². The predicted octanol–water partition coefficient (Wildman–Crippen LogP) is 1.08. The van der Waals surface area contributed by atoms with E-state index in [1.807, 2.05) is 19.1 Å². The van der Waals surface area contributed by atoms with Crippen molar-refractivity contribution < 1.29 is 9.53 Å². The van der Waals surface area contributed by atoms with Crippen molar-refractivity contribution in [3.05, 3.63) is 29.6 Å². The van der Waals surface area contributed by atoms with E-state index in [0.29, 0.717) is 5.52 Å². The van der Waals surface area contributed by atoms with Crippen LogP contribution >= 0.6 is 0 Å². The largest absolute Gasteiger partial charge is 0.444 e. The van der Waals surface area contributed by atoms with Gasteiger partial charge in [-0.15, -0.1) is 0 Å². The van der Waals surface area contributed by atoms with Gasteiger partial charge in [0.25, 0.3) is 0 Å². The summed E-state index contributed by atoms with van der Waals surface area (Å²) >= 11 is 0. The quantitative estimate of drug-likeness (QED) is 0.826. The highest BCUT2D eigenvalue weighted by molar-refractivity contribution is 5.71. The summed E-state index contributed by atoms with van der Waals surface area (Å²) in [6.07, 6.45) is 1.50. The van der Waals surface area contributed by atoms with Crippen molar-refractivity contribution in [2.75, 3.05) is 0 Å². The molecule has 1 N–H and O–H groups in total. The first-order valence-electron chi connectivity index (χ1n) is 5.75. The molecule has 18 heavy (non-hydrogen) atoms. The summed E-state index contributed by atoms with van der Waals surface area (Å²) in [6, 6.07) is 3.72. The lowest BCUT2D eigenvalue weighted by atomic mass is 10.2. The Morgan fingerprint density at radius 3 is 2.89 bits per heavy atom. The van der Waals surface area contributed by atoms with Crippen LogP contribution in [0.1, 0.15) is 19.5 Å². The van der Waals surface area contributed by atoms with Crippen LogP contribution in [0.4, 0.5) is 0 Å². The summed E-state index contributed by atoms with van der Waals surface area (Å²) in [6.45, 7) is 5.48. The van der Waals surface area contributed by atoms with Gasteiger partial charge in [-0.1, -0.05) is 13.8 Å². The van der Waals surface area contributed by atoms with Crippen molar-refractivity contribution in [2.24, 2.45) is 5.92 Å². The maximum absolute atomic E-state index is 11.4. The van der Waals surface area contributed by atoms with E-state index in [1.165, 1.54) is 10.9 Å². The van der Waals surface area contributed by atoms with Gasteiger partial charge in [-0.3, -0.25) is 14.8 Å². The molecule has 0 bridgehead atoms. The number of carbonyl (C=O) groups is 1. The average molecular weight is 248 g/mol. The molecule has 0 saturated heterocycles. The van der Waals surface area contributed by atoms with Crippen LogP contribution in [0.5, 0.6) is 0 Å². The number of rotatable bonds is 3. The molecule has 0 atom stereocenters. The molecule has 0 aromatic carbocycles. The summed E-state index contributed by atoms with van der Waals surface area (Å²) in [7, 11) is 0. The zero-order chi connectivity index (χ0) is 13.3. The maximum Gasteiger partial charge on any atom is 0.310 e. The third kappa shape index (κ3) is 2.13. The van der Waals surface area contributed by atoms with E-state index in [0.717, 1.165) is 5.69 Å². The molecular formula is C12H16N4O2. The average Bonchev–Trinajstić information content (AvgIpc) is 2.70. The van der Waals surface area contributed by atoms with E-state index in [4.69, 9.17) is 10.1 Å². The van der Waals surface area contributed by atoms with Gasteiger partial charge in [-0.05, 0) is 19.1 Å². The van der Waals surface area contributed by atoms with Crippen LogP contribution in [0, 0.1) is 18.3 Å². The van der Waals surface area contributed by atoms with Gasteiger partial charge in [-0.25, -0.2) is 4.52 Å². The standard InChI is InChI=1S/C12H16N4O2/c1-8(2)12(17)18-7-15-6-14-16-9(3)4-5-10(16)11(15)13/h4-6,8,13H,7H2,1-3H3. The SMILES string of the molecule is Cc1ccc2c(=N)n(COC(=O)C(C)C)cnn12. The molecule has 96 valence electrons. The zero-order valence-corrected chi connectivity index (χ0v) is 10.7. The summed E-state index contributed by atoms with van der Waals surface area (Å²) in [5.74, 6) is -0.458. The fraction of sp³-hybridized carbons (Fsp3) is 0.417. The smallest absolute Gasteiger partial charge is 0.310 e. The number of aromatic nitrogens is 3. The molecule has 2 rings (SSSR count). The third-order valence-electron chi connectivity index (χ3n) is 2.70. The molecule has 2 aromatic heterocycles. The Hall–Kier alpha value is -2.11. The van der Waals surface area contributed by atoms with Gasteiger partial charge in [0.2, 0.25) is 0 Å². The van der Waals surface area contributed by atoms with Crippen LogP contribution in [0.15, 0.2) is 18.5 Å². The van der Waals surface area contributed by atoms with Crippen molar-refractivity contribution >= 4 is 11.5 Å². The molecule has 0 aliphatic heterocycles. The van der Waals surface area contributed by atoms with Gasteiger partial charge in [0.15, 0.2) is 12.2 Å². The van der Waals surface area contributed by atoms with Gasteiger partial charge in [0.05, 0.1) is 5.92 Å². The molecule has 2 aromatic rings. The fourth-order valence-electron chi connectivity index (χ4n) is 1.58. The molecule has 2 heterocycles. The molecule has 0 aliphatic rings. The summed E-state index contributed by atoms with van der Waals surface area (Å²) < 4.78 is 8.26. The van der Waals surface area contributed by atoms with Gasteiger partial charge < -0.3 is 4.74 Å². The Morgan fingerprint density at radius 2 is 2.22 bits per heavy atom. The predicted molar refractivity (Wildman–Crippen MR) is 64.7 cm³/mol. The molecule has 0 aliphatic carbocycles. The fourth-order valence-corrected chi connectivity index (χ4v) is 1.58. The van der Waals surface area contributed by atoms with Crippen LogP contribution < -0.4 is 5.49 Å². The minimum absolute atomic E-state index is 0.0174. The zero-order valence-electron chi connectivity index (χ0n) is 10.7. The first-order chi connectivity index (χ1) is 8.50. The number of hydrogen-bond donors (Lipinski definition) is 1. The number of carbonyl (C=O) groups excluding carboxylic acids is 1. The van der Waals surface area contributed by atoms with E-state index >= 15 is 0 Å². The molecule has 0 saturated carbocycles. The van der Waals surface area contributed by atoms with Gasteiger partial charge in [-0.2, -0.15) is 5.10 Å². The van der Waals surface area contributed by atoms with Crippen molar-refractivity contribution in [2.45, 2.75) is 27.5 Å². The van der Waals surface area contributed by atoms with Crippen LogP contribution in [0.3, 0.4) is 0 Å². The molecule has 0 amide bonds. The molecule has 6 nitrogen and oxygen atoms in total. The molecule has 6 heteroatoms. The van der Waals surface area contributed by atoms with E-state index in [-0.39, 0.29) is 24.1 Å². The van der Waals surface area contributed by atoms with Crippen LogP contribution in [0.2, 0.25) is 0 Å². The highest BCUT2D eigenvalue weighted by atomic mass is 16.5. The van der Waals surface area contributed by atoms with Gasteiger partial charge in [0, 0.05) is 5.69 Å². The Balaban J connectivity index is 2.27. The molecular weight excluding hydrogens is 232 g/mol. The lowest BCUT2D eigenvalue weighted by Gasteiger charge is -2.10. The lowest BCUT2D eigenvalue weighted by molar-refractivity contribution is -0.151. The van der Waals surface area contributed by atoms with Gasteiger partial charge in [0.1, 0.15) is 11.8 Å². The summed E-state index contributed by atoms with van der Waals surface area (Å²) in [4.78, 5) is 11.4. The van der Waals surface area contributed by atoms with Crippen molar-refractivity contribution in [1.29, 1.82) is 5.41 Å². The number of esters is 1. The minimum Gasteiger partial charge on any atom is -0.444 e. The van der Waals surface area contributed by atoms with E-state index in [2.05, 4.69) is 5.10 Å². The Labute approximate surface area is 104 Å². The van der Waals surface area contributed by atoms with Crippen molar-refractivity contribution in [1.82, 2.24) is 14.2 Å². The summed E-state index contributed by atoms with van der Waals surface area (Å²) in [5.41, 5.74) is 1.93. The van der Waals surface area contributed by atoms with Crippen LogP contribution in [-0.2, 0) is 16.3 Å². The Bertz CT molecular complexity index is 639. The number of hydrogen-bond acceptors (Lipinski definition) is 4. The maximum atomic E-state index is 11.4. The molecule has 0 fully saturated rings. The first kappa shape index (κ1) is 12.3. The lowest BCUT2D eigenvalue weighted by Crippen LogP contribution is -2.26. The van der Waals surface area contributed by atoms with E-state index < -0.39 is 0 Å². The number of aryl methyl sites for hydroxylation is 1. The second kappa shape index (κ2) is 4.64. The monoisotopic (exact) mass is 248 g/mol. The number of nitrogens with zero attached hydrogens (tertiary/aromatic N) is 3. The van der Waals surface area contributed by atoms with Crippen LogP contribution in [0.25, 0.3) is 5.52 Å². The highest BCUT2D eigenvalue weighted by Crippen LogP contribution is 2.02. The normalized spacial score (nSPS) is 11.1. The van der Waals surface area contributed by atoms with E-state index in [1.54, 1.807) is 18.4 Å². The van der Waals surface area contributed by atoms with Crippen molar-refractivity contribution in [3.63, 3.8) is 0 Å². The Kier molecular flexibility index (Phi) is 3.18. The first-order valence-corrected chi connectivity index (χ1v) is 5.75. The second-order valence-electron chi connectivity index (χ2n) is 4.47. The highest BCUT2D eigenvalue weighted by Gasteiger charge is 2.09. The van der Waals surface area contributed by atoms with E-state index in [9.17, 15) is 4.79 Å². The number of fused-ring (bicyclic) bond motifs is 1. The third-order valence-corrected chi connectivity index (χ3v) is 2.70. The molecule has 0 radical (unpaired) electrons. The second-order valence-corrected chi connectivity index (χ2v) is 4.47. The topological polar surface area (TPSA) is 72.4 Å². The number of ether oxygens (including phenoxy) is 1. The Morgan fingerprint density at radius 1 is 1.50 bits per heavy atom. The minimum atomic E-state index is -0.284. The van der Waals surface area contributed by atoms with Crippen LogP contribution in [-0.4, -0.2) is 20.2 Å².